The molecule has 2 amide bonds. The molecule has 0 spiro atoms. The number of pyridine rings is 1. The zero-order valence-corrected chi connectivity index (χ0v) is 21.8. The molecule has 5 rings (SSSR count). The van der Waals surface area contributed by atoms with Crippen molar-refractivity contribution in [1.29, 1.82) is 0 Å². The predicted molar refractivity (Wildman–Crippen MR) is 135 cm³/mol. The molecule has 15 heteroatoms. The molecule has 2 atom stereocenters. The molecular formula is C21H19BrN7O5S2+. The molecule has 0 saturated carbocycles. The second-order valence-electron chi connectivity index (χ2n) is 7.84. The molecule has 1 saturated heterocycles. The Balaban J connectivity index is 1.38. The van der Waals surface area contributed by atoms with Crippen LogP contribution in [-0.2, 0) is 25.6 Å². The van der Waals surface area contributed by atoms with E-state index in [1.165, 1.54) is 23.8 Å². The molecule has 0 unspecified atom stereocenters. The van der Waals surface area contributed by atoms with E-state index >= 15 is 0 Å². The number of carboxylic acid groups (broad SMARTS) is 1. The average Bonchev–Trinajstić information content (AvgIpc) is 3.46. The number of nitrogens with two attached hydrogens (primary N) is 1. The number of H-pyrrole nitrogens is 1. The monoisotopic (exact) mass is 592 g/mol. The smallest absolute Gasteiger partial charge is 0.352 e. The van der Waals surface area contributed by atoms with Gasteiger partial charge in [-0.25, -0.2) is 19.2 Å². The number of thioether (sulfide) groups is 1. The van der Waals surface area contributed by atoms with Crippen molar-refractivity contribution in [2.75, 3.05) is 18.6 Å². The van der Waals surface area contributed by atoms with Crippen LogP contribution >= 0.6 is 39.0 Å². The minimum Gasteiger partial charge on any atom is -0.477 e. The molecule has 2 aliphatic heterocycles. The summed E-state index contributed by atoms with van der Waals surface area (Å²) in [7, 11) is 1.28. The molecular weight excluding hydrogens is 574 g/mol. The molecule has 3 aromatic heterocycles. The lowest BCUT2D eigenvalue weighted by Crippen LogP contribution is -2.71. The van der Waals surface area contributed by atoms with Crippen LogP contribution in [0, 0.1) is 0 Å². The maximum Gasteiger partial charge on any atom is 0.352 e. The van der Waals surface area contributed by atoms with E-state index in [1.807, 2.05) is 28.9 Å². The van der Waals surface area contributed by atoms with Crippen LogP contribution in [0.1, 0.15) is 11.3 Å². The first kappa shape index (κ1) is 24.3. The number of carbonyl (C=O) groups excluding carboxylic acids is 2. The summed E-state index contributed by atoms with van der Waals surface area (Å²) in [4.78, 5) is 51.6. The molecule has 0 aromatic carbocycles. The summed E-state index contributed by atoms with van der Waals surface area (Å²) in [5.41, 5.74) is 8.06. The first-order chi connectivity index (χ1) is 17.3. The Morgan fingerprint density at radius 1 is 1.47 bits per heavy atom. The lowest BCUT2D eigenvalue weighted by Gasteiger charge is -2.49. The molecule has 1 fully saturated rings. The summed E-state index contributed by atoms with van der Waals surface area (Å²) in [5.74, 6) is -2.01. The third-order valence-electron chi connectivity index (χ3n) is 5.73. The molecule has 5 N–H and O–H groups in total. The number of nitrogens with one attached hydrogen (secondary N) is 2. The van der Waals surface area contributed by atoms with Crippen LogP contribution in [0.5, 0.6) is 0 Å². The van der Waals surface area contributed by atoms with Crippen LogP contribution in [0.3, 0.4) is 0 Å². The van der Waals surface area contributed by atoms with Gasteiger partial charge in [-0.15, -0.1) is 11.8 Å². The van der Waals surface area contributed by atoms with E-state index in [2.05, 4.69) is 36.4 Å². The van der Waals surface area contributed by atoms with E-state index in [0.717, 1.165) is 22.5 Å². The summed E-state index contributed by atoms with van der Waals surface area (Å²) in [6, 6.07) is 2.86. The lowest BCUT2D eigenvalue weighted by atomic mass is 9.99. The van der Waals surface area contributed by atoms with E-state index in [4.69, 9.17) is 10.6 Å². The highest BCUT2D eigenvalue weighted by atomic mass is 79.9. The zero-order valence-electron chi connectivity index (χ0n) is 18.6. The van der Waals surface area contributed by atoms with Crippen molar-refractivity contribution in [3.8, 4) is 0 Å². The Kier molecular flexibility index (Phi) is 6.44. The van der Waals surface area contributed by atoms with Crippen molar-refractivity contribution in [2.45, 2.75) is 17.8 Å². The van der Waals surface area contributed by atoms with Crippen molar-refractivity contribution in [2.24, 2.45) is 5.16 Å². The number of nitrogen functional groups attached to an aromatic ring is 1. The van der Waals surface area contributed by atoms with E-state index < -0.39 is 29.2 Å². The van der Waals surface area contributed by atoms with E-state index in [9.17, 15) is 19.5 Å². The van der Waals surface area contributed by atoms with Crippen molar-refractivity contribution in [3.05, 3.63) is 57.0 Å². The molecule has 186 valence electrons. The number of halogens is 1. The lowest BCUT2D eigenvalue weighted by molar-refractivity contribution is -0.510. The van der Waals surface area contributed by atoms with Crippen LogP contribution in [0.15, 0.2) is 50.9 Å². The molecule has 0 radical (unpaired) electrons. The number of hydrogen-bond donors (Lipinski definition) is 4. The highest BCUT2D eigenvalue weighted by Gasteiger charge is 2.54. The number of aromatic amines is 1. The standard InChI is InChI=1S/C21H18BrN7O5S2/c1-34-27-12(11-15(22)36-21(23)26-11)17(30)25-13-18(31)29-14(20(32)33)10(8-35-19(13)29)7-9-3-2-5-28-6-4-24-16(9)28/h2-6,13,19H,7-8H2,1H3,(H4,23,25,26,30,32,33)/p+1/b27-12-/t13-,19+/m1/s1. The summed E-state index contributed by atoms with van der Waals surface area (Å²) in [6.45, 7) is 0. The Hall–Kier alpha value is -3.43. The fourth-order valence-electron chi connectivity index (χ4n) is 4.21. The third-order valence-corrected chi connectivity index (χ3v) is 8.60. The van der Waals surface area contributed by atoms with Crippen molar-refractivity contribution in [3.63, 3.8) is 0 Å². The first-order valence-corrected chi connectivity index (χ1v) is 13.2. The van der Waals surface area contributed by atoms with E-state index in [1.54, 1.807) is 6.20 Å². The van der Waals surface area contributed by atoms with Gasteiger partial charge < -0.3 is 21.0 Å². The molecule has 3 aromatic rings. The van der Waals surface area contributed by atoms with Crippen molar-refractivity contribution in [1.82, 2.24) is 20.2 Å². The minimum atomic E-state index is -1.19. The number of aromatic nitrogens is 3. The van der Waals surface area contributed by atoms with Gasteiger partial charge in [-0.05, 0) is 33.6 Å². The van der Waals surface area contributed by atoms with Gasteiger partial charge >= 0.3 is 5.97 Å². The Morgan fingerprint density at radius 3 is 2.97 bits per heavy atom. The van der Waals surface area contributed by atoms with Crippen LogP contribution in [-0.4, -0.2) is 67.7 Å². The van der Waals surface area contributed by atoms with E-state index in [0.29, 0.717) is 21.5 Å². The van der Waals surface area contributed by atoms with Crippen LogP contribution in [0.25, 0.3) is 5.65 Å². The number of amides is 2. The van der Waals surface area contributed by atoms with Gasteiger partial charge in [0.2, 0.25) is 0 Å². The number of thiazole rings is 1. The number of fused-ring (bicyclic) bond motifs is 2. The summed E-state index contributed by atoms with van der Waals surface area (Å²) < 4.78 is 2.39. The number of carbonyl (C=O) groups is 3. The minimum absolute atomic E-state index is 0.0522. The van der Waals surface area contributed by atoms with Gasteiger partial charge in [0.05, 0.1) is 6.20 Å². The number of aliphatic carboxylic acids is 1. The van der Waals surface area contributed by atoms with Gasteiger partial charge in [-0.3, -0.25) is 14.5 Å². The third kappa shape index (κ3) is 4.12. The maximum absolute atomic E-state index is 13.1. The SMILES string of the molecule is CO/N=C(\C(=O)N[C@@H]1C(=O)N2C(C(=O)O)=C(Cc3ccc[n+]4cc[nH]c34)CS[C@@H]12)c1nc(N)sc1Br. The normalized spacial score (nSPS) is 19.8. The van der Waals surface area contributed by atoms with Gasteiger partial charge in [0.25, 0.3) is 17.5 Å². The Bertz CT molecular complexity index is 1470. The highest BCUT2D eigenvalue weighted by molar-refractivity contribution is 9.11. The van der Waals surface area contributed by atoms with Gasteiger partial charge in [-0.2, -0.15) is 0 Å². The Labute approximate surface area is 220 Å². The number of hydrogen-bond acceptors (Lipinski definition) is 9. The maximum atomic E-state index is 13.1. The number of rotatable bonds is 7. The van der Waals surface area contributed by atoms with Gasteiger partial charge in [0, 0.05) is 17.7 Å². The van der Waals surface area contributed by atoms with Gasteiger partial charge in [0.1, 0.15) is 46.1 Å². The molecule has 36 heavy (non-hydrogen) atoms. The summed E-state index contributed by atoms with van der Waals surface area (Å²) in [5, 5.41) is 16.0. The van der Waals surface area contributed by atoms with Crippen LogP contribution in [0.2, 0.25) is 0 Å². The van der Waals surface area contributed by atoms with Crippen LogP contribution < -0.4 is 15.5 Å². The average molecular weight is 593 g/mol. The Morgan fingerprint density at radius 2 is 2.28 bits per heavy atom. The first-order valence-electron chi connectivity index (χ1n) is 10.5. The second kappa shape index (κ2) is 9.55. The molecule has 2 aliphatic rings. The zero-order chi connectivity index (χ0) is 25.6. The number of imidazole rings is 1. The largest absolute Gasteiger partial charge is 0.477 e. The molecule has 5 heterocycles. The predicted octanol–water partition coefficient (Wildman–Crippen LogP) is 0.886. The quantitative estimate of drug-likeness (QED) is 0.136. The number of nitrogens with zero attached hydrogens (tertiary/aromatic N) is 4. The van der Waals surface area contributed by atoms with Crippen LogP contribution in [0.4, 0.5) is 5.13 Å². The number of carboxylic acids is 1. The second-order valence-corrected chi connectivity index (χ2v) is 11.3. The van der Waals surface area contributed by atoms with E-state index in [-0.39, 0.29) is 22.2 Å². The van der Waals surface area contributed by atoms with Gasteiger partial charge in [0.15, 0.2) is 10.8 Å². The molecule has 0 bridgehead atoms. The number of oxime groups is 1. The summed E-state index contributed by atoms with van der Waals surface area (Å²) >= 11 is 5.80. The highest BCUT2D eigenvalue weighted by Crippen LogP contribution is 2.41. The summed E-state index contributed by atoms with van der Waals surface area (Å²) in [6.07, 6.45) is 5.90. The fraction of sp³-hybridized carbons (Fsp3) is 0.238. The number of anilines is 1. The van der Waals surface area contributed by atoms with Gasteiger partial charge in [-0.1, -0.05) is 16.5 Å². The van der Waals surface area contributed by atoms with Crippen molar-refractivity contribution < 1.29 is 28.7 Å². The fourth-order valence-corrected chi connectivity index (χ4v) is 6.89. The van der Waals surface area contributed by atoms with Crippen molar-refractivity contribution >= 4 is 73.3 Å². The molecule has 0 aliphatic carbocycles. The molecule has 12 nitrogen and oxygen atoms in total. The number of β-lactam (4-membered cyclic amide) rings is 1. The topological polar surface area (TPSA) is 167 Å².